The third-order valence-corrected chi connectivity index (χ3v) is 4.49. The van der Waals surface area contributed by atoms with Crippen molar-refractivity contribution in [3.05, 3.63) is 29.8 Å². The number of rotatable bonds is 8. The molecule has 0 aromatic heterocycles. The van der Waals surface area contributed by atoms with Gasteiger partial charge < -0.3 is 25.4 Å². The Kier molecular flexibility index (Phi) is 9.92. The van der Waals surface area contributed by atoms with Crippen LogP contribution in [0.3, 0.4) is 0 Å². The van der Waals surface area contributed by atoms with Gasteiger partial charge in [0.25, 0.3) is 0 Å². The Bertz CT molecular complexity index is 892. The van der Waals surface area contributed by atoms with Gasteiger partial charge in [0, 0.05) is 5.54 Å². The number of carbonyl (C=O) groups is 3. The van der Waals surface area contributed by atoms with Gasteiger partial charge in [-0.3, -0.25) is 9.59 Å². The lowest BCUT2D eigenvalue weighted by atomic mass is 9.98. The number of ether oxygens (including phenoxy) is 1. The fraction of sp³-hybridized carbons (Fsp3) is 0.600. The first kappa shape index (κ1) is 28.8. The van der Waals surface area contributed by atoms with Crippen LogP contribution in [-0.4, -0.2) is 51.6 Å². The van der Waals surface area contributed by atoms with Crippen LogP contribution in [0.15, 0.2) is 24.3 Å². The van der Waals surface area contributed by atoms with E-state index in [0.29, 0.717) is 5.56 Å². The molecule has 0 aliphatic heterocycles. The molecule has 1 rings (SSSR count). The molecule has 0 aliphatic rings. The molecule has 2 atom stereocenters. The monoisotopic (exact) mass is 474 g/mol. The predicted molar refractivity (Wildman–Crippen MR) is 129 cm³/mol. The van der Waals surface area contributed by atoms with Gasteiger partial charge in [0.1, 0.15) is 30.0 Å². The number of nitrogens with zero attached hydrogens (tertiary/aromatic N) is 2. The maximum absolute atomic E-state index is 13.7. The van der Waals surface area contributed by atoms with Crippen molar-refractivity contribution >= 4 is 17.9 Å². The van der Waals surface area contributed by atoms with Crippen molar-refractivity contribution in [3.8, 4) is 11.8 Å². The van der Waals surface area contributed by atoms with Gasteiger partial charge in [-0.1, -0.05) is 26.0 Å². The van der Waals surface area contributed by atoms with Gasteiger partial charge >= 0.3 is 6.09 Å². The molecule has 0 aliphatic carbocycles. The lowest BCUT2D eigenvalue weighted by molar-refractivity contribution is -0.142. The number of alkyl carbamates (subject to hydrolysis) is 1. The highest BCUT2D eigenvalue weighted by molar-refractivity contribution is 5.92. The second kappa shape index (κ2) is 11.7. The number of nitriles is 1. The van der Waals surface area contributed by atoms with Gasteiger partial charge in [-0.15, -0.1) is 0 Å². The second-order valence-corrected chi connectivity index (χ2v) is 10.7. The van der Waals surface area contributed by atoms with Crippen LogP contribution in [-0.2, 0) is 14.3 Å². The van der Waals surface area contributed by atoms with Crippen molar-refractivity contribution in [2.45, 2.75) is 85.0 Å². The van der Waals surface area contributed by atoms with Crippen LogP contribution < -0.4 is 10.6 Å². The van der Waals surface area contributed by atoms with E-state index in [1.807, 2.05) is 19.9 Å². The molecule has 9 heteroatoms. The number of aromatic hydroxyl groups is 1. The molecule has 1 aromatic carbocycles. The summed E-state index contributed by atoms with van der Waals surface area (Å²) in [4.78, 5) is 40.6. The van der Waals surface area contributed by atoms with Crippen molar-refractivity contribution in [1.82, 2.24) is 15.5 Å². The average molecular weight is 475 g/mol. The molecule has 9 nitrogen and oxygen atoms in total. The van der Waals surface area contributed by atoms with Crippen molar-refractivity contribution in [2.75, 3.05) is 6.54 Å². The van der Waals surface area contributed by atoms with Gasteiger partial charge in [0.2, 0.25) is 11.8 Å². The van der Waals surface area contributed by atoms with Crippen LogP contribution in [0.2, 0.25) is 0 Å². The highest BCUT2D eigenvalue weighted by Crippen LogP contribution is 2.26. The smallest absolute Gasteiger partial charge is 0.408 e. The Balaban J connectivity index is 3.45. The largest absolute Gasteiger partial charge is 0.508 e. The van der Waals surface area contributed by atoms with Crippen molar-refractivity contribution in [3.63, 3.8) is 0 Å². The van der Waals surface area contributed by atoms with Gasteiger partial charge in [0.15, 0.2) is 0 Å². The lowest BCUT2D eigenvalue weighted by Gasteiger charge is -2.35. The van der Waals surface area contributed by atoms with E-state index in [1.165, 1.54) is 24.3 Å². The fourth-order valence-corrected chi connectivity index (χ4v) is 3.28. The van der Waals surface area contributed by atoms with Crippen molar-refractivity contribution in [2.24, 2.45) is 5.92 Å². The third kappa shape index (κ3) is 9.69. The summed E-state index contributed by atoms with van der Waals surface area (Å²) in [6.45, 7) is 14.0. The topological polar surface area (TPSA) is 132 Å². The molecule has 0 saturated heterocycles. The Labute approximate surface area is 202 Å². The Morgan fingerprint density at radius 3 is 2.09 bits per heavy atom. The minimum absolute atomic E-state index is 0.00108. The molecular weight excluding hydrogens is 436 g/mol. The summed E-state index contributed by atoms with van der Waals surface area (Å²) in [5.74, 6) is -1.03. The van der Waals surface area contributed by atoms with Crippen LogP contribution in [0.4, 0.5) is 4.79 Å². The zero-order chi connectivity index (χ0) is 26.3. The zero-order valence-electron chi connectivity index (χ0n) is 21.4. The first-order valence-electron chi connectivity index (χ1n) is 11.3. The molecule has 3 amide bonds. The molecule has 34 heavy (non-hydrogen) atoms. The van der Waals surface area contributed by atoms with E-state index in [2.05, 4.69) is 10.6 Å². The number of nitrogens with one attached hydrogen (secondary N) is 2. The molecule has 188 valence electrons. The molecule has 0 radical (unpaired) electrons. The first-order valence-corrected chi connectivity index (χ1v) is 11.3. The van der Waals surface area contributed by atoms with Crippen LogP contribution in [0, 0.1) is 17.2 Å². The molecule has 0 fully saturated rings. The zero-order valence-corrected chi connectivity index (χ0v) is 21.4. The minimum Gasteiger partial charge on any atom is -0.508 e. The number of hydrogen-bond donors (Lipinski definition) is 3. The summed E-state index contributed by atoms with van der Waals surface area (Å²) in [6, 6.07) is 5.67. The average Bonchev–Trinajstić information content (AvgIpc) is 2.64. The van der Waals surface area contributed by atoms with E-state index in [0.717, 1.165) is 4.90 Å². The van der Waals surface area contributed by atoms with Crippen LogP contribution in [0.5, 0.6) is 5.75 Å². The molecule has 0 saturated carbocycles. The number of benzene rings is 1. The summed E-state index contributed by atoms with van der Waals surface area (Å²) in [5.41, 5.74) is -0.938. The van der Waals surface area contributed by atoms with Gasteiger partial charge in [-0.05, 0) is 71.6 Å². The number of hydrogen-bond acceptors (Lipinski definition) is 6. The first-order chi connectivity index (χ1) is 15.5. The van der Waals surface area contributed by atoms with Crippen molar-refractivity contribution in [1.29, 1.82) is 5.26 Å². The highest BCUT2D eigenvalue weighted by atomic mass is 16.6. The molecule has 0 heterocycles. The minimum atomic E-state index is -1.15. The normalized spacial score (nSPS) is 13.4. The summed E-state index contributed by atoms with van der Waals surface area (Å²) < 4.78 is 5.32. The molecule has 2 unspecified atom stereocenters. The Morgan fingerprint density at radius 2 is 1.65 bits per heavy atom. The fourth-order valence-electron chi connectivity index (χ4n) is 3.28. The third-order valence-electron chi connectivity index (χ3n) is 4.49. The number of carbonyl (C=O) groups excluding carboxylic acids is 3. The molecule has 0 bridgehead atoms. The maximum Gasteiger partial charge on any atom is 0.408 e. The summed E-state index contributed by atoms with van der Waals surface area (Å²) in [7, 11) is 0. The summed E-state index contributed by atoms with van der Waals surface area (Å²) >= 11 is 0. The number of phenolic OH excluding ortho intramolecular Hbond substituents is 1. The molecule has 3 N–H and O–H groups in total. The number of amides is 3. The Hall–Kier alpha value is -3.28. The van der Waals surface area contributed by atoms with Crippen LogP contribution >= 0.6 is 0 Å². The van der Waals surface area contributed by atoms with Gasteiger partial charge in [-0.25, -0.2) is 4.79 Å². The van der Waals surface area contributed by atoms with E-state index < -0.39 is 41.1 Å². The van der Waals surface area contributed by atoms with E-state index in [-0.39, 0.29) is 24.6 Å². The standard InChI is InChI=1S/C25H38N4O5/c1-16(2)15-19(27-23(33)34-25(6,7)8)22(32)29(14-13-26)20(21(31)28-24(3,4)5)17-9-11-18(30)12-10-17/h9-12,16,19-20,30H,14-15H2,1-8H3,(H,27,33)(H,28,31). The SMILES string of the molecule is CC(C)CC(NC(=O)OC(C)(C)C)C(=O)N(CC#N)C(C(=O)NC(C)(C)C)c1ccc(O)cc1. The highest BCUT2D eigenvalue weighted by Gasteiger charge is 2.37. The molecule has 1 aromatic rings. The molecule has 0 spiro atoms. The van der Waals surface area contributed by atoms with E-state index in [1.54, 1.807) is 41.5 Å². The maximum atomic E-state index is 13.7. The van der Waals surface area contributed by atoms with E-state index in [4.69, 9.17) is 4.74 Å². The van der Waals surface area contributed by atoms with Gasteiger partial charge in [-0.2, -0.15) is 5.26 Å². The predicted octanol–water partition coefficient (Wildman–Crippen LogP) is 3.64. The van der Waals surface area contributed by atoms with Crippen LogP contribution in [0.1, 0.15) is 73.4 Å². The summed E-state index contributed by atoms with van der Waals surface area (Å²) in [5, 5.41) is 24.7. The van der Waals surface area contributed by atoms with E-state index in [9.17, 15) is 24.8 Å². The molecular formula is C25H38N4O5. The van der Waals surface area contributed by atoms with Gasteiger partial charge in [0.05, 0.1) is 6.07 Å². The quantitative estimate of drug-likeness (QED) is 0.493. The van der Waals surface area contributed by atoms with E-state index >= 15 is 0 Å². The number of phenols is 1. The summed E-state index contributed by atoms with van der Waals surface area (Å²) in [6.07, 6.45) is -0.479. The van der Waals surface area contributed by atoms with Crippen molar-refractivity contribution < 1.29 is 24.2 Å². The second-order valence-electron chi connectivity index (χ2n) is 10.7. The Morgan fingerprint density at radius 1 is 1.09 bits per heavy atom. The lowest BCUT2D eigenvalue weighted by Crippen LogP contribution is -2.55. The van der Waals surface area contributed by atoms with Crippen LogP contribution in [0.25, 0.3) is 0 Å².